The number of nitrogens with zero attached hydrogens (tertiary/aromatic N) is 1. The molecule has 1 aliphatic carbocycles. The maximum Gasteiger partial charge on any atom is 0.0141 e. The van der Waals surface area contributed by atoms with Crippen LogP contribution in [0.4, 0.5) is 0 Å². The van der Waals surface area contributed by atoms with Crippen molar-refractivity contribution in [1.29, 1.82) is 0 Å². The molecule has 0 fully saturated rings. The van der Waals surface area contributed by atoms with Crippen LogP contribution in [-0.4, -0.2) is 25.0 Å². The molecular formula is C11H18ClNS. The lowest BCUT2D eigenvalue weighted by Gasteiger charge is -2.27. The van der Waals surface area contributed by atoms with E-state index >= 15 is 0 Å². The van der Waals surface area contributed by atoms with Crippen molar-refractivity contribution in [1.82, 2.24) is 4.90 Å². The van der Waals surface area contributed by atoms with Gasteiger partial charge in [-0.1, -0.05) is 0 Å². The van der Waals surface area contributed by atoms with E-state index in [2.05, 4.69) is 32.0 Å². The highest BCUT2D eigenvalue weighted by Crippen LogP contribution is 2.30. The Morgan fingerprint density at radius 2 is 2.14 bits per heavy atom. The molecule has 0 aliphatic heterocycles. The smallest absolute Gasteiger partial charge is 0.0141 e. The number of halogens is 1. The Balaban J connectivity index is 0.000000980. The standard InChI is InChI=1S/C11H17NS.ClH/c1-8-6-9-4-5-10(12(2)3)7-11(9)13-8;/h6,10H,4-5,7H2,1-3H3;1H. The molecule has 1 aromatic heterocycles. The maximum atomic E-state index is 2.37. The van der Waals surface area contributed by atoms with Gasteiger partial charge in [-0.15, -0.1) is 23.7 Å². The molecule has 1 atom stereocenters. The molecule has 1 aliphatic rings. The Morgan fingerprint density at radius 1 is 1.43 bits per heavy atom. The van der Waals surface area contributed by atoms with Crippen LogP contribution >= 0.6 is 23.7 Å². The molecule has 14 heavy (non-hydrogen) atoms. The van der Waals surface area contributed by atoms with Gasteiger partial charge >= 0.3 is 0 Å². The summed E-state index contributed by atoms with van der Waals surface area (Å²) in [6.45, 7) is 2.22. The molecule has 0 radical (unpaired) electrons. The van der Waals surface area contributed by atoms with Gasteiger partial charge in [-0.25, -0.2) is 0 Å². The first-order valence-electron chi connectivity index (χ1n) is 4.91. The number of fused-ring (bicyclic) bond motifs is 1. The zero-order chi connectivity index (χ0) is 9.42. The molecule has 1 aromatic rings. The predicted octanol–water partition coefficient (Wildman–Crippen LogP) is 2.90. The van der Waals surface area contributed by atoms with Gasteiger partial charge in [0.25, 0.3) is 0 Å². The van der Waals surface area contributed by atoms with Gasteiger partial charge in [0.15, 0.2) is 0 Å². The number of thiophene rings is 1. The van der Waals surface area contributed by atoms with Crippen molar-refractivity contribution in [3.8, 4) is 0 Å². The summed E-state index contributed by atoms with van der Waals surface area (Å²) in [4.78, 5) is 5.46. The molecule has 0 saturated heterocycles. The fraction of sp³-hybridized carbons (Fsp3) is 0.636. The average molecular weight is 232 g/mol. The van der Waals surface area contributed by atoms with Crippen molar-refractivity contribution in [2.75, 3.05) is 14.1 Å². The van der Waals surface area contributed by atoms with Gasteiger partial charge in [0.2, 0.25) is 0 Å². The van der Waals surface area contributed by atoms with E-state index in [0.29, 0.717) is 0 Å². The molecule has 0 aromatic carbocycles. The van der Waals surface area contributed by atoms with E-state index in [9.17, 15) is 0 Å². The molecule has 0 bridgehead atoms. The maximum absolute atomic E-state index is 2.37. The first-order chi connectivity index (χ1) is 6.16. The highest BCUT2D eigenvalue weighted by Gasteiger charge is 2.21. The van der Waals surface area contributed by atoms with Gasteiger partial charge in [-0.05, 0) is 51.9 Å². The first kappa shape index (κ1) is 12.0. The van der Waals surface area contributed by atoms with E-state index in [1.165, 1.54) is 24.1 Å². The molecule has 3 heteroatoms. The van der Waals surface area contributed by atoms with E-state index < -0.39 is 0 Å². The Kier molecular flexibility index (Phi) is 3.99. The number of hydrogen-bond donors (Lipinski definition) is 0. The molecule has 1 heterocycles. The van der Waals surface area contributed by atoms with Crippen molar-refractivity contribution in [2.45, 2.75) is 32.2 Å². The van der Waals surface area contributed by atoms with Crippen LogP contribution in [0.2, 0.25) is 0 Å². The third-order valence-corrected chi connectivity index (χ3v) is 4.03. The minimum atomic E-state index is 0. The molecule has 1 nitrogen and oxygen atoms in total. The summed E-state index contributed by atoms with van der Waals surface area (Å²) >= 11 is 1.98. The minimum absolute atomic E-state index is 0. The minimum Gasteiger partial charge on any atom is -0.306 e. The lowest BCUT2D eigenvalue weighted by Crippen LogP contribution is -2.32. The van der Waals surface area contributed by atoms with Crippen LogP contribution in [0.25, 0.3) is 0 Å². The second-order valence-corrected chi connectivity index (χ2v) is 5.51. The van der Waals surface area contributed by atoms with Gasteiger partial charge < -0.3 is 4.90 Å². The van der Waals surface area contributed by atoms with E-state index in [1.807, 2.05) is 11.3 Å². The topological polar surface area (TPSA) is 3.24 Å². The Bertz CT molecular complexity index is 306. The lowest BCUT2D eigenvalue weighted by atomic mass is 9.94. The Hall–Kier alpha value is -0.0500. The van der Waals surface area contributed by atoms with E-state index in [-0.39, 0.29) is 12.4 Å². The molecule has 1 unspecified atom stereocenters. The third-order valence-electron chi connectivity index (χ3n) is 2.92. The number of rotatable bonds is 1. The van der Waals surface area contributed by atoms with Gasteiger partial charge in [0.05, 0.1) is 0 Å². The van der Waals surface area contributed by atoms with E-state index in [4.69, 9.17) is 0 Å². The van der Waals surface area contributed by atoms with Gasteiger partial charge in [0.1, 0.15) is 0 Å². The Labute approximate surface area is 96.5 Å². The van der Waals surface area contributed by atoms with Gasteiger partial charge in [-0.2, -0.15) is 0 Å². The normalized spacial score (nSPS) is 20.4. The highest BCUT2D eigenvalue weighted by atomic mass is 35.5. The summed E-state index contributed by atoms with van der Waals surface area (Å²) < 4.78 is 0. The second kappa shape index (κ2) is 4.65. The molecule has 80 valence electrons. The summed E-state index contributed by atoms with van der Waals surface area (Å²) in [5.41, 5.74) is 1.61. The SMILES string of the molecule is Cc1cc2c(s1)CC(N(C)C)CC2.Cl. The fourth-order valence-corrected chi connectivity index (χ4v) is 3.24. The highest BCUT2D eigenvalue weighted by molar-refractivity contribution is 7.12. The predicted molar refractivity (Wildman–Crippen MR) is 65.8 cm³/mol. The average Bonchev–Trinajstić information content (AvgIpc) is 2.42. The van der Waals surface area contributed by atoms with Gasteiger partial charge in [0, 0.05) is 15.8 Å². The lowest BCUT2D eigenvalue weighted by molar-refractivity contribution is 0.270. The largest absolute Gasteiger partial charge is 0.306 e. The quantitative estimate of drug-likeness (QED) is 0.719. The molecule has 0 N–H and O–H groups in total. The fourth-order valence-electron chi connectivity index (χ4n) is 2.08. The second-order valence-electron chi connectivity index (χ2n) is 4.17. The molecule has 0 saturated carbocycles. The molecule has 2 rings (SSSR count). The number of aryl methyl sites for hydroxylation is 2. The molecule has 0 spiro atoms. The van der Waals surface area contributed by atoms with Gasteiger partial charge in [-0.3, -0.25) is 0 Å². The third kappa shape index (κ3) is 2.30. The van der Waals surface area contributed by atoms with Crippen molar-refractivity contribution < 1.29 is 0 Å². The number of hydrogen-bond acceptors (Lipinski definition) is 2. The monoisotopic (exact) mass is 231 g/mol. The summed E-state index contributed by atoms with van der Waals surface area (Å²) in [6.07, 6.45) is 3.87. The van der Waals surface area contributed by atoms with Crippen LogP contribution in [0.1, 0.15) is 21.7 Å². The first-order valence-corrected chi connectivity index (χ1v) is 5.73. The molecular weight excluding hydrogens is 214 g/mol. The van der Waals surface area contributed by atoms with Crippen molar-refractivity contribution in [2.24, 2.45) is 0 Å². The summed E-state index contributed by atoms with van der Waals surface area (Å²) in [6, 6.07) is 3.14. The summed E-state index contributed by atoms with van der Waals surface area (Å²) in [7, 11) is 4.38. The van der Waals surface area contributed by atoms with Crippen LogP contribution in [0.5, 0.6) is 0 Å². The van der Waals surface area contributed by atoms with Crippen LogP contribution in [-0.2, 0) is 12.8 Å². The summed E-state index contributed by atoms with van der Waals surface area (Å²) in [5, 5.41) is 0. The zero-order valence-electron chi connectivity index (χ0n) is 9.04. The number of likely N-dealkylation sites (N-methyl/N-ethyl adjacent to an activating group) is 1. The van der Waals surface area contributed by atoms with Crippen LogP contribution in [0.15, 0.2) is 6.07 Å². The van der Waals surface area contributed by atoms with Crippen molar-refractivity contribution >= 4 is 23.7 Å². The van der Waals surface area contributed by atoms with Crippen LogP contribution in [0.3, 0.4) is 0 Å². The summed E-state index contributed by atoms with van der Waals surface area (Å²) in [5.74, 6) is 0. The van der Waals surface area contributed by atoms with Crippen LogP contribution < -0.4 is 0 Å². The van der Waals surface area contributed by atoms with E-state index in [0.717, 1.165) is 6.04 Å². The van der Waals surface area contributed by atoms with Crippen LogP contribution in [0, 0.1) is 6.92 Å². The van der Waals surface area contributed by atoms with Crippen molar-refractivity contribution in [3.63, 3.8) is 0 Å². The zero-order valence-corrected chi connectivity index (χ0v) is 10.7. The van der Waals surface area contributed by atoms with E-state index in [1.54, 1.807) is 10.4 Å². The molecule has 0 amide bonds. The van der Waals surface area contributed by atoms with Crippen molar-refractivity contribution in [3.05, 3.63) is 21.4 Å². The Morgan fingerprint density at radius 3 is 2.79 bits per heavy atom.